The minimum atomic E-state index is -1.40. The first-order valence-corrected chi connectivity index (χ1v) is 10.9. The van der Waals surface area contributed by atoms with Crippen molar-refractivity contribution in [2.24, 2.45) is 5.41 Å². The number of carbonyl (C=O) groups excluding carboxylic acids is 1. The van der Waals surface area contributed by atoms with Crippen molar-refractivity contribution in [2.45, 2.75) is 48.5 Å². The number of hydrogen-bond donors (Lipinski definition) is 3. The first-order chi connectivity index (χ1) is 11.8. The number of amides is 1. The molecule has 0 aromatic carbocycles. The Hall–Kier alpha value is -0.640. The highest BCUT2D eigenvalue weighted by Crippen LogP contribution is 2.34. The average molecular weight is 394 g/mol. The molecular weight excluding hydrogens is 358 g/mol. The van der Waals surface area contributed by atoms with E-state index in [-0.39, 0.29) is 14.7 Å². The number of aliphatic hydroxyl groups excluding tert-OH is 1. The smallest absolute Gasteiger partial charge is 0.232 e. The summed E-state index contributed by atoms with van der Waals surface area (Å²) in [5.41, 5.74) is 0.810. The molecule has 0 saturated heterocycles. The van der Waals surface area contributed by atoms with Gasteiger partial charge in [-0.15, -0.1) is 0 Å². The van der Waals surface area contributed by atoms with Crippen molar-refractivity contribution < 1.29 is 19.7 Å². The number of carbonyl (C=O) groups is 1. The fourth-order valence-corrected chi connectivity index (χ4v) is 3.12. The van der Waals surface area contributed by atoms with Gasteiger partial charge in [-0.2, -0.15) is 0 Å². The Morgan fingerprint density at radius 3 is 2.00 bits per heavy atom. The fourth-order valence-electron chi connectivity index (χ4n) is 1.50. The van der Waals surface area contributed by atoms with Gasteiger partial charge in [-0.05, 0) is 12.1 Å². The molecule has 0 aliphatic heterocycles. The van der Waals surface area contributed by atoms with Crippen LogP contribution in [0.1, 0.15) is 48.5 Å². The Balaban J connectivity index is -0.000000725. The molecule has 0 saturated carbocycles. The van der Waals surface area contributed by atoms with Gasteiger partial charge < -0.3 is 19.8 Å². The summed E-state index contributed by atoms with van der Waals surface area (Å²) < 4.78 is 0. The molecule has 2 unspecified atom stereocenters. The summed E-state index contributed by atoms with van der Waals surface area (Å²) in [6, 6.07) is 3.46. The molecular formula is C17H36N2O4P2. The van der Waals surface area contributed by atoms with E-state index in [1.807, 2.05) is 48.5 Å². The maximum atomic E-state index is 12.1. The highest BCUT2D eigenvalue weighted by molar-refractivity contribution is 7.67. The number of aliphatic hydroxyl groups is 1. The van der Waals surface area contributed by atoms with Gasteiger partial charge in [-0.3, -0.25) is 9.78 Å². The van der Waals surface area contributed by atoms with Gasteiger partial charge in [-0.25, -0.2) is 0 Å². The lowest BCUT2D eigenvalue weighted by atomic mass is 9.95. The number of nitrogens with zero attached hydrogens (tertiary/aromatic N) is 2. The van der Waals surface area contributed by atoms with Crippen molar-refractivity contribution in [1.29, 1.82) is 0 Å². The lowest BCUT2D eigenvalue weighted by molar-refractivity contribution is -0.125. The van der Waals surface area contributed by atoms with Gasteiger partial charge >= 0.3 is 0 Å². The monoisotopic (exact) mass is 394 g/mol. The van der Waals surface area contributed by atoms with Crippen molar-refractivity contribution in [3.63, 3.8) is 0 Å². The van der Waals surface area contributed by atoms with Crippen LogP contribution in [0.25, 0.3) is 0 Å². The van der Waals surface area contributed by atoms with Crippen molar-refractivity contribution in [3.05, 3.63) is 18.3 Å². The zero-order valence-corrected chi connectivity index (χ0v) is 18.9. The molecule has 0 radical (unpaired) electrons. The van der Waals surface area contributed by atoms with E-state index < -0.39 is 13.6 Å². The Kier molecular flexibility index (Phi) is 19.6. The third kappa shape index (κ3) is 11.6. The van der Waals surface area contributed by atoms with Crippen LogP contribution in [0.5, 0.6) is 0 Å². The second kappa shape index (κ2) is 16.8. The largest absolute Gasteiger partial charge is 0.400 e. The standard InChI is InChI=1S/C12H20N2O3P2.2C2H6.CH4O/c1-12(2,3)11(15)14(4)9-5-6-10(13-7-9)19(17)8-18-16;3*1-2/h5-7,16-18H,8H2,1-4H3;2*1-2H3;2H,1H3. The molecule has 2 atom stereocenters. The third-order valence-corrected chi connectivity index (χ3v) is 5.11. The molecule has 8 heteroatoms. The second-order valence-electron chi connectivity index (χ2n) is 5.20. The van der Waals surface area contributed by atoms with Crippen LogP contribution in [0.4, 0.5) is 5.69 Å². The summed E-state index contributed by atoms with van der Waals surface area (Å²) in [6.07, 6.45) is 1.57. The van der Waals surface area contributed by atoms with Gasteiger partial charge in [0.2, 0.25) is 5.91 Å². The van der Waals surface area contributed by atoms with Crippen LogP contribution in [-0.4, -0.2) is 45.8 Å². The van der Waals surface area contributed by atoms with E-state index >= 15 is 0 Å². The first-order valence-electron chi connectivity index (χ1n) is 8.29. The second-order valence-corrected chi connectivity index (χ2v) is 8.04. The maximum absolute atomic E-state index is 12.1. The van der Waals surface area contributed by atoms with Gasteiger partial charge in [0, 0.05) is 34.3 Å². The number of hydrogen-bond acceptors (Lipinski definition) is 5. The van der Waals surface area contributed by atoms with Crippen molar-refractivity contribution in [3.8, 4) is 0 Å². The quantitative estimate of drug-likeness (QED) is 0.681. The first kappa shape index (κ1) is 29.1. The Bertz CT molecular complexity index is 437. The highest BCUT2D eigenvalue weighted by Gasteiger charge is 2.26. The van der Waals surface area contributed by atoms with E-state index in [0.717, 1.165) is 7.11 Å². The summed E-state index contributed by atoms with van der Waals surface area (Å²) >= 11 is 0. The molecule has 0 spiro atoms. The van der Waals surface area contributed by atoms with E-state index in [0.29, 0.717) is 17.0 Å². The Morgan fingerprint density at radius 2 is 1.68 bits per heavy atom. The van der Waals surface area contributed by atoms with Crippen LogP contribution >= 0.6 is 17.0 Å². The molecule has 1 heterocycles. The Labute approximate surface area is 156 Å². The third-order valence-electron chi connectivity index (χ3n) is 2.55. The molecule has 3 N–H and O–H groups in total. The Morgan fingerprint density at radius 1 is 1.20 bits per heavy atom. The fraction of sp³-hybridized carbons (Fsp3) is 0.647. The lowest BCUT2D eigenvalue weighted by Crippen LogP contribution is -2.36. The molecule has 1 aromatic rings. The van der Waals surface area contributed by atoms with Crippen LogP contribution in [0, 0.1) is 5.41 Å². The number of anilines is 1. The maximum Gasteiger partial charge on any atom is 0.232 e. The average Bonchev–Trinajstić information content (AvgIpc) is 2.65. The molecule has 148 valence electrons. The molecule has 1 aromatic heterocycles. The number of pyridine rings is 1. The number of aromatic nitrogens is 1. The molecule has 1 amide bonds. The highest BCUT2D eigenvalue weighted by atomic mass is 31.2. The molecule has 0 aliphatic rings. The minimum Gasteiger partial charge on any atom is -0.400 e. The zero-order valence-electron chi connectivity index (χ0n) is 17.0. The normalized spacial score (nSPS) is 11.2. The van der Waals surface area contributed by atoms with Crippen LogP contribution in [-0.2, 0) is 4.79 Å². The van der Waals surface area contributed by atoms with Crippen molar-refractivity contribution in [2.75, 3.05) is 25.0 Å². The van der Waals surface area contributed by atoms with Gasteiger partial charge in [0.15, 0.2) is 0 Å². The molecule has 6 nitrogen and oxygen atoms in total. The van der Waals surface area contributed by atoms with Gasteiger partial charge in [0.1, 0.15) is 0 Å². The van der Waals surface area contributed by atoms with Gasteiger partial charge in [0.05, 0.1) is 25.5 Å². The van der Waals surface area contributed by atoms with Gasteiger partial charge in [0.25, 0.3) is 0 Å². The van der Waals surface area contributed by atoms with E-state index in [1.165, 1.54) is 0 Å². The van der Waals surface area contributed by atoms with Crippen LogP contribution in [0.3, 0.4) is 0 Å². The molecule has 0 aliphatic carbocycles. The molecule has 25 heavy (non-hydrogen) atoms. The summed E-state index contributed by atoms with van der Waals surface area (Å²) in [4.78, 5) is 36.4. The SMILES string of the molecule is CC.CC.CN(C(=O)C(C)(C)C)c1ccc(P(O)CPO)nc1.CO. The van der Waals surface area contributed by atoms with E-state index in [9.17, 15) is 9.69 Å². The molecule has 0 bridgehead atoms. The van der Waals surface area contributed by atoms with Crippen LogP contribution < -0.4 is 10.3 Å². The van der Waals surface area contributed by atoms with E-state index in [2.05, 4.69) is 4.98 Å². The van der Waals surface area contributed by atoms with Crippen molar-refractivity contribution >= 4 is 34.0 Å². The predicted octanol–water partition coefficient (Wildman–Crippen LogP) is 3.31. The number of rotatable bonds is 4. The summed E-state index contributed by atoms with van der Waals surface area (Å²) in [7, 11) is 1.03. The van der Waals surface area contributed by atoms with E-state index in [1.54, 1.807) is 30.3 Å². The summed E-state index contributed by atoms with van der Waals surface area (Å²) in [5, 5.41) is 7.00. The van der Waals surface area contributed by atoms with Gasteiger partial charge in [-0.1, -0.05) is 48.5 Å². The zero-order chi connectivity index (χ0) is 20.6. The molecule has 1 rings (SSSR count). The van der Waals surface area contributed by atoms with Crippen molar-refractivity contribution in [1.82, 2.24) is 4.98 Å². The van der Waals surface area contributed by atoms with Crippen LogP contribution in [0.15, 0.2) is 18.3 Å². The minimum absolute atomic E-state index is 0.00477. The molecule has 0 fully saturated rings. The predicted molar refractivity (Wildman–Crippen MR) is 112 cm³/mol. The lowest BCUT2D eigenvalue weighted by Gasteiger charge is -2.25. The van der Waals surface area contributed by atoms with Crippen LogP contribution in [0.2, 0.25) is 0 Å². The van der Waals surface area contributed by atoms with E-state index in [4.69, 9.17) is 10.00 Å². The summed E-state index contributed by atoms with van der Waals surface area (Å²) in [6.45, 7) is 13.6. The topological polar surface area (TPSA) is 93.9 Å². The summed E-state index contributed by atoms with van der Waals surface area (Å²) in [5.74, 6) is 0.350.